The summed E-state index contributed by atoms with van der Waals surface area (Å²) in [4.78, 5) is 10.2. The van der Waals surface area contributed by atoms with Gasteiger partial charge in [-0.25, -0.2) is 0 Å². The molecule has 0 spiro atoms. The molecule has 1 N–H and O–H groups in total. The van der Waals surface area contributed by atoms with Gasteiger partial charge in [-0.05, 0) is 44.9 Å². The van der Waals surface area contributed by atoms with Crippen molar-refractivity contribution in [3.8, 4) is 0 Å². The fourth-order valence-electron chi connectivity index (χ4n) is 1.90. The predicted molar refractivity (Wildman–Crippen MR) is 85.7 cm³/mol. The van der Waals surface area contributed by atoms with Crippen molar-refractivity contribution in [1.82, 2.24) is 0 Å². The van der Waals surface area contributed by atoms with E-state index in [-0.39, 0.29) is 57.8 Å². The molecule has 0 aromatic rings. The Bertz CT molecular complexity index is 335. The van der Waals surface area contributed by atoms with E-state index in [2.05, 4.69) is 25.2 Å². The maximum Gasteiger partial charge on any atom is 1.00 e. The van der Waals surface area contributed by atoms with Gasteiger partial charge in [-0.2, -0.15) is 0 Å². The fraction of sp³-hybridized carbons (Fsp3) is 0.611. The second-order valence-corrected chi connectivity index (χ2v) is 5.23. The number of carboxylic acids is 1. The number of allylic oxidation sites excluding steroid dienone is 6. The first-order valence-electron chi connectivity index (χ1n) is 8.03. The number of unbranched alkanes of at least 4 members (excludes halogenated alkanes) is 3. The quantitative estimate of drug-likeness (QED) is 0.300. The van der Waals surface area contributed by atoms with Gasteiger partial charge in [0.1, 0.15) is 0 Å². The maximum absolute atomic E-state index is 10.2. The van der Waals surface area contributed by atoms with Gasteiger partial charge in [0.2, 0.25) is 0 Å². The Labute approximate surface area is 178 Å². The SMILES string of the molecule is CCCC/C=C/C=C/C=C/CCCC(O)CCCC(=O)[O-].[K+]. The fourth-order valence-corrected chi connectivity index (χ4v) is 1.90. The van der Waals surface area contributed by atoms with E-state index < -0.39 is 12.1 Å². The molecule has 22 heavy (non-hydrogen) atoms. The van der Waals surface area contributed by atoms with E-state index in [0.717, 1.165) is 25.7 Å². The van der Waals surface area contributed by atoms with Gasteiger partial charge in [-0.15, -0.1) is 0 Å². The van der Waals surface area contributed by atoms with Crippen LogP contribution in [0.1, 0.15) is 64.7 Å². The molecule has 1 atom stereocenters. The van der Waals surface area contributed by atoms with Crippen molar-refractivity contribution in [3.63, 3.8) is 0 Å². The second kappa shape index (κ2) is 19.3. The van der Waals surface area contributed by atoms with Gasteiger partial charge in [0.25, 0.3) is 0 Å². The molecule has 0 heterocycles. The van der Waals surface area contributed by atoms with Gasteiger partial charge in [-0.1, -0.05) is 56.2 Å². The van der Waals surface area contributed by atoms with E-state index in [0.29, 0.717) is 12.8 Å². The molecule has 0 bridgehead atoms. The molecule has 0 rings (SSSR count). The van der Waals surface area contributed by atoms with Crippen LogP contribution in [-0.2, 0) is 4.79 Å². The average Bonchev–Trinajstić information content (AvgIpc) is 2.44. The minimum atomic E-state index is -1.04. The van der Waals surface area contributed by atoms with Crippen LogP contribution >= 0.6 is 0 Å². The van der Waals surface area contributed by atoms with Crippen molar-refractivity contribution in [1.29, 1.82) is 0 Å². The molecule has 0 aliphatic rings. The first-order valence-corrected chi connectivity index (χ1v) is 8.03. The van der Waals surface area contributed by atoms with Crippen LogP contribution in [0.2, 0.25) is 0 Å². The number of hydrogen-bond donors (Lipinski definition) is 1. The van der Waals surface area contributed by atoms with Crippen LogP contribution in [-0.4, -0.2) is 17.2 Å². The van der Waals surface area contributed by atoms with Crippen LogP contribution in [0.4, 0.5) is 0 Å². The second-order valence-electron chi connectivity index (χ2n) is 5.23. The summed E-state index contributed by atoms with van der Waals surface area (Å²) < 4.78 is 0. The first kappa shape index (κ1) is 24.5. The van der Waals surface area contributed by atoms with Gasteiger partial charge in [0.15, 0.2) is 0 Å². The van der Waals surface area contributed by atoms with Crippen LogP contribution < -0.4 is 56.5 Å². The topological polar surface area (TPSA) is 60.4 Å². The summed E-state index contributed by atoms with van der Waals surface area (Å²) in [5.74, 6) is -1.04. The Kier molecular flexibility index (Phi) is 21.6. The van der Waals surface area contributed by atoms with Crippen LogP contribution in [0, 0.1) is 0 Å². The standard InChI is InChI=1S/C18H30O3.K/c1-2-3-4-5-6-7-8-9-10-11-12-14-17(19)15-13-16-18(20)21;/h5-10,17,19H,2-4,11-16H2,1H3,(H,20,21);/q;+1/p-1/b6-5+,8-7+,10-9+;. The van der Waals surface area contributed by atoms with Gasteiger partial charge in [-0.3, -0.25) is 0 Å². The Balaban J connectivity index is 0. The number of carbonyl (C=O) groups excluding carboxylic acids is 1. The van der Waals surface area contributed by atoms with E-state index in [1.165, 1.54) is 12.8 Å². The summed E-state index contributed by atoms with van der Waals surface area (Å²) in [5.41, 5.74) is 0. The molecule has 0 radical (unpaired) electrons. The molecule has 0 saturated heterocycles. The molecular weight excluding hydrogens is 303 g/mol. The Morgan fingerprint density at radius 2 is 1.55 bits per heavy atom. The predicted octanol–water partition coefficient (Wildman–Crippen LogP) is 0.301. The van der Waals surface area contributed by atoms with Crippen molar-refractivity contribution in [2.24, 2.45) is 0 Å². The van der Waals surface area contributed by atoms with Crippen molar-refractivity contribution < 1.29 is 66.4 Å². The number of carbonyl (C=O) groups is 1. The molecule has 0 aromatic heterocycles. The van der Waals surface area contributed by atoms with Gasteiger partial charge < -0.3 is 15.0 Å². The van der Waals surface area contributed by atoms with Gasteiger partial charge in [0, 0.05) is 5.97 Å². The van der Waals surface area contributed by atoms with Crippen molar-refractivity contribution >= 4 is 5.97 Å². The normalized spacial score (nSPS) is 13.0. The summed E-state index contributed by atoms with van der Waals surface area (Å²) in [6.45, 7) is 2.19. The van der Waals surface area contributed by atoms with Crippen LogP contribution in [0.3, 0.4) is 0 Å². The molecular formula is C18H29KO3. The molecule has 0 saturated carbocycles. The number of aliphatic hydroxyl groups excluding tert-OH is 1. The molecule has 0 amide bonds. The van der Waals surface area contributed by atoms with E-state index in [1.807, 2.05) is 18.2 Å². The smallest absolute Gasteiger partial charge is 0.550 e. The minimum Gasteiger partial charge on any atom is -0.550 e. The molecule has 4 heteroatoms. The van der Waals surface area contributed by atoms with Gasteiger partial charge >= 0.3 is 51.4 Å². The molecule has 0 aliphatic heterocycles. The molecule has 0 fully saturated rings. The zero-order chi connectivity index (χ0) is 15.8. The molecule has 1 unspecified atom stereocenters. The number of rotatable bonds is 13. The number of aliphatic hydroxyl groups is 1. The van der Waals surface area contributed by atoms with Gasteiger partial charge in [0.05, 0.1) is 6.10 Å². The summed E-state index contributed by atoms with van der Waals surface area (Å²) >= 11 is 0. The van der Waals surface area contributed by atoms with E-state index >= 15 is 0 Å². The first-order chi connectivity index (χ1) is 10.2. The molecule has 120 valence electrons. The van der Waals surface area contributed by atoms with E-state index in [4.69, 9.17) is 0 Å². The molecule has 0 aliphatic carbocycles. The Morgan fingerprint density at radius 1 is 1.00 bits per heavy atom. The third-order valence-corrected chi connectivity index (χ3v) is 3.16. The third kappa shape index (κ3) is 20.3. The minimum absolute atomic E-state index is 0. The Morgan fingerprint density at radius 3 is 2.09 bits per heavy atom. The zero-order valence-corrected chi connectivity index (χ0v) is 17.3. The summed E-state index contributed by atoms with van der Waals surface area (Å²) in [5, 5.41) is 19.9. The van der Waals surface area contributed by atoms with Crippen LogP contribution in [0.25, 0.3) is 0 Å². The summed E-state index contributed by atoms with van der Waals surface area (Å²) in [6, 6.07) is 0. The van der Waals surface area contributed by atoms with Crippen molar-refractivity contribution in [3.05, 3.63) is 36.5 Å². The molecule has 3 nitrogen and oxygen atoms in total. The van der Waals surface area contributed by atoms with Crippen LogP contribution in [0.5, 0.6) is 0 Å². The van der Waals surface area contributed by atoms with Crippen molar-refractivity contribution in [2.75, 3.05) is 0 Å². The summed E-state index contributed by atoms with van der Waals surface area (Å²) in [7, 11) is 0. The molecule has 0 aromatic carbocycles. The van der Waals surface area contributed by atoms with Crippen LogP contribution in [0.15, 0.2) is 36.5 Å². The average molecular weight is 333 g/mol. The number of aliphatic carboxylic acids is 1. The zero-order valence-electron chi connectivity index (χ0n) is 14.2. The Hall–Kier alpha value is 0.286. The largest absolute Gasteiger partial charge is 1.00 e. The monoisotopic (exact) mass is 332 g/mol. The third-order valence-electron chi connectivity index (χ3n) is 3.16. The number of carboxylic acid groups (broad SMARTS) is 1. The van der Waals surface area contributed by atoms with E-state index in [9.17, 15) is 15.0 Å². The van der Waals surface area contributed by atoms with Crippen molar-refractivity contribution in [2.45, 2.75) is 70.8 Å². The summed E-state index contributed by atoms with van der Waals surface area (Å²) in [6.07, 6.45) is 19.3. The van der Waals surface area contributed by atoms with E-state index in [1.54, 1.807) is 0 Å². The number of hydrogen-bond acceptors (Lipinski definition) is 3. The maximum atomic E-state index is 10.2.